The van der Waals surface area contributed by atoms with Gasteiger partial charge < -0.3 is 5.32 Å². The van der Waals surface area contributed by atoms with Crippen LogP contribution < -0.4 is 5.32 Å². The number of hydrogen-bond acceptors (Lipinski definition) is 2. The molecule has 1 aliphatic rings. The van der Waals surface area contributed by atoms with E-state index in [9.17, 15) is 4.39 Å². The van der Waals surface area contributed by atoms with Crippen LogP contribution in [0.2, 0.25) is 0 Å². The van der Waals surface area contributed by atoms with Crippen LogP contribution in [0, 0.1) is 12.7 Å². The molecule has 1 aromatic carbocycles. The highest BCUT2D eigenvalue weighted by Gasteiger charge is 2.18. The van der Waals surface area contributed by atoms with E-state index >= 15 is 0 Å². The van der Waals surface area contributed by atoms with E-state index in [2.05, 4.69) is 17.1 Å². The lowest BCUT2D eigenvalue weighted by Gasteiger charge is -2.32. The lowest BCUT2D eigenvalue weighted by molar-refractivity contribution is 0.194. The summed E-state index contributed by atoms with van der Waals surface area (Å²) >= 11 is 0. The Balaban J connectivity index is 1.95. The minimum absolute atomic E-state index is 0.129. The largest absolute Gasteiger partial charge is 0.317 e. The number of rotatable bonds is 3. The molecule has 0 spiro atoms. The van der Waals surface area contributed by atoms with Crippen LogP contribution in [0.1, 0.15) is 24.0 Å². The molecule has 0 aromatic heterocycles. The van der Waals surface area contributed by atoms with Crippen molar-refractivity contribution in [3.63, 3.8) is 0 Å². The number of nitrogens with one attached hydrogen (secondary N) is 1. The van der Waals surface area contributed by atoms with Gasteiger partial charge in [-0.3, -0.25) is 4.90 Å². The first-order chi connectivity index (χ1) is 8.19. The molecule has 2 rings (SSSR count). The first kappa shape index (κ1) is 12.5. The Morgan fingerprint density at radius 1 is 1.35 bits per heavy atom. The third-order valence-corrected chi connectivity index (χ3v) is 3.70. The predicted molar refractivity (Wildman–Crippen MR) is 68.5 cm³/mol. The first-order valence-corrected chi connectivity index (χ1v) is 6.33. The lowest BCUT2D eigenvalue weighted by atomic mass is 10.0. The lowest BCUT2D eigenvalue weighted by Crippen LogP contribution is -2.40. The van der Waals surface area contributed by atoms with E-state index in [0.717, 1.165) is 25.2 Å². The number of likely N-dealkylation sites (tertiary alicyclic amines) is 1. The monoisotopic (exact) mass is 236 g/mol. The molecule has 3 heteroatoms. The number of nitrogens with zero attached hydrogens (tertiary/aromatic N) is 1. The fourth-order valence-electron chi connectivity index (χ4n) is 2.43. The van der Waals surface area contributed by atoms with Crippen LogP contribution >= 0.6 is 0 Å². The molecule has 0 atom stereocenters. The van der Waals surface area contributed by atoms with Crippen LogP contribution in [0.4, 0.5) is 4.39 Å². The topological polar surface area (TPSA) is 15.3 Å². The van der Waals surface area contributed by atoms with Crippen molar-refractivity contribution in [2.24, 2.45) is 0 Å². The van der Waals surface area contributed by atoms with Gasteiger partial charge in [0.1, 0.15) is 5.82 Å². The molecule has 1 heterocycles. The Hall–Kier alpha value is -0.930. The molecule has 1 N–H and O–H groups in total. The molecule has 1 aromatic rings. The standard InChI is InChI=1S/C14H21FN2/c1-11-3-4-13(15)9-12(11)10-17-7-5-14(16-2)6-8-17/h3-4,9,14,16H,5-8,10H2,1-2H3. The summed E-state index contributed by atoms with van der Waals surface area (Å²) in [5.74, 6) is -0.129. The van der Waals surface area contributed by atoms with Gasteiger partial charge in [-0.25, -0.2) is 4.39 Å². The van der Waals surface area contributed by atoms with Crippen LogP contribution in [0.5, 0.6) is 0 Å². The van der Waals surface area contributed by atoms with Crippen molar-refractivity contribution in [1.82, 2.24) is 10.2 Å². The Morgan fingerprint density at radius 2 is 2.06 bits per heavy atom. The van der Waals surface area contributed by atoms with Gasteiger partial charge in [-0.05, 0) is 63.2 Å². The predicted octanol–water partition coefficient (Wildman–Crippen LogP) is 2.32. The van der Waals surface area contributed by atoms with Crippen LogP contribution in [0.3, 0.4) is 0 Å². The summed E-state index contributed by atoms with van der Waals surface area (Å²) in [7, 11) is 2.02. The van der Waals surface area contributed by atoms with Gasteiger partial charge in [0.05, 0.1) is 0 Å². The Bertz CT molecular complexity index is 370. The van der Waals surface area contributed by atoms with Crippen molar-refractivity contribution < 1.29 is 4.39 Å². The zero-order valence-corrected chi connectivity index (χ0v) is 10.7. The first-order valence-electron chi connectivity index (χ1n) is 6.33. The molecule has 1 aliphatic heterocycles. The summed E-state index contributed by atoms with van der Waals surface area (Å²) in [6.45, 7) is 5.12. The molecule has 0 radical (unpaired) electrons. The normalized spacial score (nSPS) is 18.5. The Kier molecular flexibility index (Phi) is 4.13. The van der Waals surface area contributed by atoms with Crippen LogP contribution in [-0.2, 0) is 6.54 Å². The molecule has 0 unspecified atom stereocenters. The van der Waals surface area contributed by atoms with E-state index in [1.807, 2.05) is 13.1 Å². The number of benzene rings is 1. The summed E-state index contributed by atoms with van der Waals surface area (Å²) in [6.07, 6.45) is 2.37. The van der Waals surface area contributed by atoms with Gasteiger partial charge in [-0.1, -0.05) is 6.07 Å². The quantitative estimate of drug-likeness (QED) is 0.866. The molecule has 0 amide bonds. The maximum Gasteiger partial charge on any atom is 0.123 e. The number of halogens is 1. The van der Waals surface area contributed by atoms with Crippen molar-refractivity contribution in [1.29, 1.82) is 0 Å². The number of piperidine rings is 1. The van der Waals surface area contributed by atoms with Gasteiger partial charge in [0.25, 0.3) is 0 Å². The third kappa shape index (κ3) is 3.27. The fraction of sp³-hybridized carbons (Fsp3) is 0.571. The van der Waals surface area contributed by atoms with Crippen molar-refractivity contribution in [3.05, 3.63) is 35.1 Å². The summed E-state index contributed by atoms with van der Waals surface area (Å²) in [4.78, 5) is 2.41. The van der Waals surface area contributed by atoms with E-state index in [1.54, 1.807) is 6.07 Å². The zero-order chi connectivity index (χ0) is 12.3. The molecular formula is C14H21FN2. The second kappa shape index (κ2) is 5.61. The second-order valence-electron chi connectivity index (χ2n) is 4.91. The highest BCUT2D eigenvalue weighted by atomic mass is 19.1. The molecule has 0 saturated carbocycles. The van der Waals surface area contributed by atoms with Gasteiger partial charge >= 0.3 is 0 Å². The molecule has 0 bridgehead atoms. The SMILES string of the molecule is CNC1CCN(Cc2cc(F)ccc2C)CC1. The number of aryl methyl sites for hydroxylation is 1. The molecule has 2 nitrogen and oxygen atoms in total. The molecule has 94 valence electrons. The summed E-state index contributed by atoms with van der Waals surface area (Å²) < 4.78 is 13.2. The van der Waals surface area contributed by atoms with Crippen molar-refractivity contribution in [2.45, 2.75) is 32.4 Å². The minimum atomic E-state index is -0.129. The summed E-state index contributed by atoms with van der Waals surface area (Å²) in [6, 6.07) is 5.72. The minimum Gasteiger partial charge on any atom is -0.317 e. The maximum atomic E-state index is 13.2. The molecule has 17 heavy (non-hydrogen) atoms. The van der Waals surface area contributed by atoms with E-state index in [-0.39, 0.29) is 5.82 Å². The van der Waals surface area contributed by atoms with E-state index in [4.69, 9.17) is 0 Å². The van der Waals surface area contributed by atoms with Gasteiger partial charge in [0.2, 0.25) is 0 Å². The molecule has 1 fully saturated rings. The van der Waals surface area contributed by atoms with Crippen LogP contribution in [0.15, 0.2) is 18.2 Å². The van der Waals surface area contributed by atoms with Crippen LogP contribution in [0.25, 0.3) is 0 Å². The molecular weight excluding hydrogens is 215 g/mol. The summed E-state index contributed by atoms with van der Waals surface area (Å²) in [5, 5.41) is 3.32. The molecule has 0 aliphatic carbocycles. The zero-order valence-electron chi connectivity index (χ0n) is 10.7. The average molecular weight is 236 g/mol. The van der Waals surface area contributed by atoms with Gasteiger partial charge in [-0.15, -0.1) is 0 Å². The highest BCUT2D eigenvalue weighted by molar-refractivity contribution is 5.26. The average Bonchev–Trinajstić information content (AvgIpc) is 2.35. The fourth-order valence-corrected chi connectivity index (χ4v) is 2.43. The van der Waals surface area contributed by atoms with E-state index < -0.39 is 0 Å². The highest BCUT2D eigenvalue weighted by Crippen LogP contribution is 2.17. The maximum absolute atomic E-state index is 13.2. The van der Waals surface area contributed by atoms with Gasteiger partial charge in [0, 0.05) is 12.6 Å². The second-order valence-corrected chi connectivity index (χ2v) is 4.91. The summed E-state index contributed by atoms with van der Waals surface area (Å²) in [5.41, 5.74) is 2.30. The Labute approximate surface area is 103 Å². The number of hydrogen-bond donors (Lipinski definition) is 1. The van der Waals surface area contributed by atoms with Gasteiger partial charge in [0.15, 0.2) is 0 Å². The van der Waals surface area contributed by atoms with Gasteiger partial charge in [-0.2, -0.15) is 0 Å². The smallest absolute Gasteiger partial charge is 0.123 e. The van der Waals surface area contributed by atoms with Crippen molar-refractivity contribution >= 4 is 0 Å². The van der Waals surface area contributed by atoms with Crippen LogP contribution in [-0.4, -0.2) is 31.1 Å². The third-order valence-electron chi connectivity index (χ3n) is 3.70. The van der Waals surface area contributed by atoms with Crippen molar-refractivity contribution in [2.75, 3.05) is 20.1 Å². The van der Waals surface area contributed by atoms with Crippen molar-refractivity contribution in [3.8, 4) is 0 Å². The Morgan fingerprint density at radius 3 is 2.71 bits per heavy atom. The van der Waals surface area contributed by atoms with E-state index in [1.165, 1.54) is 24.5 Å². The molecule has 1 saturated heterocycles. The van der Waals surface area contributed by atoms with E-state index in [0.29, 0.717) is 6.04 Å².